The molecule has 0 spiro atoms. The molecule has 0 aliphatic heterocycles. The number of ether oxygens (including phenoxy) is 4. The molecule has 0 radical (unpaired) electrons. The van der Waals surface area contributed by atoms with Crippen molar-refractivity contribution in [3.05, 3.63) is 0 Å². The van der Waals surface area contributed by atoms with Crippen LogP contribution in [0.3, 0.4) is 0 Å². The van der Waals surface area contributed by atoms with Gasteiger partial charge in [0.1, 0.15) is 12.0 Å². The molecule has 0 fully saturated rings. The molecule has 0 aliphatic carbocycles. The zero-order valence-corrected chi connectivity index (χ0v) is 21.2. The molecule has 0 amide bonds. The van der Waals surface area contributed by atoms with Crippen molar-refractivity contribution in [2.75, 3.05) is 13.2 Å². The van der Waals surface area contributed by atoms with Crippen molar-refractivity contribution in [3.63, 3.8) is 0 Å². The van der Waals surface area contributed by atoms with Crippen LogP contribution in [0, 0.1) is 16.2 Å². The maximum atomic E-state index is 12.6. The van der Waals surface area contributed by atoms with E-state index in [1.165, 1.54) is 41.5 Å². The van der Waals surface area contributed by atoms with Gasteiger partial charge in [0, 0.05) is 19.3 Å². The van der Waals surface area contributed by atoms with Gasteiger partial charge in [-0.15, -0.1) is 0 Å². The van der Waals surface area contributed by atoms with Gasteiger partial charge < -0.3 is 18.9 Å². The largest absolute Gasteiger partial charge is 0.462 e. The molecule has 0 rings (SSSR count). The molecule has 8 heteroatoms. The fourth-order valence-corrected chi connectivity index (χ4v) is 2.50. The van der Waals surface area contributed by atoms with Crippen molar-refractivity contribution in [1.82, 2.24) is 0 Å². The van der Waals surface area contributed by atoms with Gasteiger partial charge in [-0.25, -0.2) is 0 Å². The van der Waals surface area contributed by atoms with Crippen molar-refractivity contribution in [2.24, 2.45) is 16.2 Å². The number of hydrogen-bond acceptors (Lipinski definition) is 8. The van der Waals surface area contributed by atoms with Gasteiger partial charge in [-0.1, -0.05) is 20.8 Å². The quantitative estimate of drug-likeness (QED) is 0.229. The Bertz CT molecular complexity index is 687. The summed E-state index contributed by atoms with van der Waals surface area (Å²) in [5, 5.41) is 0. The summed E-state index contributed by atoms with van der Waals surface area (Å²) in [7, 11) is 0. The molecule has 0 bridgehead atoms. The van der Waals surface area contributed by atoms with Crippen molar-refractivity contribution in [1.29, 1.82) is 0 Å². The molecule has 0 N–H and O–H groups in total. The van der Waals surface area contributed by atoms with E-state index in [0.29, 0.717) is 0 Å². The van der Waals surface area contributed by atoms with Crippen LogP contribution in [0.4, 0.5) is 0 Å². The molecule has 0 aromatic rings. The summed E-state index contributed by atoms with van der Waals surface area (Å²) in [6.07, 6.45) is 0. The summed E-state index contributed by atoms with van der Waals surface area (Å²) in [4.78, 5) is 50.2. The molecule has 0 unspecified atom stereocenters. The molecule has 0 aromatic heterocycles. The van der Waals surface area contributed by atoms with Crippen LogP contribution in [0.1, 0.15) is 83.1 Å². The molecule has 31 heavy (non-hydrogen) atoms. The minimum absolute atomic E-state index is 0.0195. The highest BCUT2D eigenvalue weighted by atomic mass is 16.7. The van der Waals surface area contributed by atoms with Gasteiger partial charge in [0.05, 0.1) is 12.2 Å². The Kier molecular flexibility index (Phi) is 9.06. The molecule has 0 aromatic carbocycles. The lowest BCUT2D eigenvalue weighted by molar-refractivity contribution is -0.228. The summed E-state index contributed by atoms with van der Waals surface area (Å²) >= 11 is 0. The Hall–Kier alpha value is -1.96. The number of esters is 3. The molecule has 180 valence electrons. The van der Waals surface area contributed by atoms with Gasteiger partial charge in [0.25, 0.3) is 5.79 Å². The number of hydrogen-bond donors (Lipinski definition) is 0. The molecule has 0 atom stereocenters. The molecular weight excluding hydrogens is 404 g/mol. The first-order valence-corrected chi connectivity index (χ1v) is 10.4. The second-order valence-corrected chi connectivity index (χ2v) is 11.1. The second kappa shape index (κ2) is 9.67. The standard InChI is InChI=1S/C23H40O8/c1-19(2,3)15(24)21(7,8)17(26)30-23(11,12)31-18(27)22(9,10)16(25)28-13-14-29-20(4,5)6/h13-14H2,1-12H3. The Labute approximate surface area is 186 Å². The van der Waals surface area contributed by atoms with E-state index in [1.54, 1.807) is 20.8 Å². The highest BCUT2D eigenvalue weighted by Crippen LogP contribution is 2.32. The molecule has 8 nitrogen and oxygen atoms in total. The third-order valence-electron chi connectivity index (χ3n) is 4.31. The number of carbonyl (C=O) groups is 4. The lowest BCUT2D eigenvalue weighted by atomic mass is 9.75. The highest BCUT2D eigenvalue weighted by molar-refractivity contribution is 6.05. The van der Waals surface area contributed by atoms with Gasteiger partial charge in [-0.3, -0.25) is 19.2 Å². The summed E-state index contributed by atoms with van der Waals surface area (Å²) in [5.41, 5.74) is -4.21. The fraction of sp³-hybridized carbons (Fsp3) is 0.826. The summed E-state index contributed by atoms with van der Waals surface area (Å²) in [6.45, 7) is 19.2. The first-order valence-electron chi connectivity index (χ1n) is 10.4. The number of ketones is 1. The average Bonchev–Trinajstić information content (AvgIpc) is 2.54. The van der Waals surface area contributed by atoms with Crippen LogP contribution < -0.4 is 0 Å². The van der Waals surface area contributed by atoms with E-state index in [4.69, 9.17) is 18.9 Å². The number of carbonyl (C=O) groups excluding carboxylic acids is 4. The SMILES string of the molecule is CC(C)(C)OCCOC(=O)C(C)(C)C(=O)OC(C)(C)OC(=O)C(C)(C)C(=O)C(C)(C)C. The predicted molar refractivity (Wildman–Crippen MR) is 115 cm³/mol. The van der Waals surface area contributed by atoms with Crippen molar-refractivity contribution >= 4 is 23.7 Å². The Morgan fingerprint density at radius 3 is 1.39 bits per heavy atom. The molecule has 0 saturated heterocycles. The summed E-state index contributed by atoms with van der Waals surface area (Å²) in [6, 6.07) is 0. The van der Waals surface area contributed by atoms with Gasteiger partial charge >= 0.3 is 17.9 Å². The zero-order chi connectivity index (χ0) is 25.1. The van der Waals surface area contributed by atoms with Crippen molar-refractivity contribution in [2.45, 2.75) is 94.5 Å². The van der Waals surface area contributed by atoms with Crippen LogP contribution in [0.25, 0.3) is 0 Å². The molecule has 0 saturated carbocycles. The average molecular weight is 445 g/mol. The van der Waals surface area contributed by atoms with E-state index in [-0.39, 0.29) is 24.6 Å². The minimum Gasteiger partial charge on any atom is -0.462 e. The molecular formula is C23H40O8. The summed E-state index contributed by atoms with van der Waals surface area (Å²) < 4.78 is 21.2. The Balaban J connectivity index is 5.08. The first-order chi connectivity index (χ1) is 13.5. The summed E-state index contributed by atoms with van der Waals surface area (Å²) in [5.74, 6) is -4.55. The van der Waals surface area contributed by atoms with E-state index < -0.39 is 39.9 Å². The van der Waals surface area contributed by atoms with Gasteiger partial charge in [0.2, 0.25) is 0 Å². The van der Waals surface area contributed by atoms with Gasteiger partial charge in [0.15, 0.2) is 11.2 Å². The fourth-order valence-electron chi connectivity index (χ4n) is 2.50. The second-order valence-electron chi connectivity index (χ2n) is 11.1. The van der Waals surface area contributed by atoms with Crippen LogP contribution in [-0.4, -0.2) is 48.3 Å². The smallest absolute Gasteiger partial charge is 0.326 e. The Morgan fingerprint density at radius 2 is 1.00 bits per heavy atom. The molecule has 0 aliphatic rings. The van der Waals surface area contributed by atoms with E-state index in [0.717, 1.165) is 0 Å². The third-order valence-corrected chi connectivity index (χ3v) is 4.31. The first kappa shape index (κ1) is 29.0. The van der Waals surface area contributed by atoms with Crippen LogP contribution in [0.2, 0.25) is 0 Å². The van der Waals surface area contributed by atoms with Crippen LogP contribution in [-0.2, 0) is 38.1 Å². The third kappa shape index (κ3) is 8.97. The number of rotatable bonds is 9. The lowest BCUT2D eigenvalue weighted by Crippen LogP contribution is -2.47. The van der Waals surface area contributed by atoms with E-state index >= 15 is 0 Å². The maximum absolute atomic E-state index is 12.6. The van der Waals surface area contributed by atoms with Gasteiger partial charge in [-0.2, -0.15) is 0 Å². The van der Waals surface area contributed by atoms with Crippen LogP contribution in [0.5, 0.6) is 0 Å². The normalized spacial score (nSPS) is 13.4. The van der Waals surface area contributed by atoms with E-state index in [2.05, 4.69) is 0 Å². The van der Waals surface area contributed by atoms with E-state index in [1.807, 2.05) is 20.8 Å². The lowest BCUT2D eigenvalue weighted by Gasteiger charge is -2.34. The zero-order valence-electron chi connectivity index (χ0n) is 21.2. The van der Waals surface area contributed by atoms with Crippen LogP contribution in [0.15, 0.2) is 0 Å². The van der Waals surface area contributed by atoms with Gasteiger partial charge in [-0.05, 0) is 48.5 Å². The predicted octanol–water partition coefficient (Wildman–Crippen LogP) is 3.83. The topological polar surface area (TPSA) is 105 Å². The van der Waals surface area contributed by atoms with E-state index in [9.17, 15) is 19.2 Å². The molecule has 0 heterocycles. The highest BCUT2D eigenvalue weighted by Gasteiger charge is 2.47. The number of Topliss-reactive ketones (excluding diaryl/α,β-unsaturated/α-hetero) is 1. The monoisotopic (exact) mass is 444 g/mol. The van der Waals surface area contributed by atoms with Crippen molar-refractivity contribution in [3.8, 4) is 0 Å². The maximum Gasteiger partial charge on any atom is 0.326 e. The van der Waals surface area contributed by atoms with Crippen molar-refractivity contribution < 1.29 is 38.1 Å². The Morgan fingerprint density at radius 1 is 0.581 bits per heavy atom. The minimum atomic E-state index is -1.70. The van der Waals surface area contributed by atoms with Crippen LogP contribution >= 0.6 is 0 Å².